The fourth-order valence-electron chi connectivity index (χ4n) is 2.98. The molecule has 1 atom stereocenters. The van der Waals surface area contributed by atoms with Crippen molar-refractivity contribution < 1.29 is 9.21 Å². The Balaban J connectivity index is 1.73. The van der Waals surface area contributed by atoms with Gasteiger partial charge in [-0.05, 0) is 35.9 Å². The summed E-state index contributed by atoms with van der Waals surface area (Å²) in [6.07, 6.45) is 2.21. The molecule has 0 fully saturated rings. The maximum Gasteiger partial charge on any atom is 0.274 e. The predicted molar refractivity (Wildman–Crippen MR) is 96.7 cm³/mol. The third-order valence-corrected chi connectivity index (χ3v) is 4.42. The summed E-state index contributed by atoms with van der Waals surface area (Å²) in [5, 5.41) is 6.61. The molecular formula is C20H15ClN2O2. The lowest BCUT2D eigenvalue weighted by molar-refractivity contribution is 0.0711. The van der Waals surface area contributed by atoms with Crippen molar-refractivity contribution in [2.45, 2.75) is 12.5 Å². The Bertz CT molecular complexity index is 920. The van der Waals surface area contributed by atoms with E-state index in [2.05, 4.69) is 5.10 Å². The Morgan fingerprint density at radius 2 is 1.92 bits per heavy atom. The predicted octanol–water partition coefficient (Wildman–Crippen LogP) is 4.92. The average molecular weight is 351 g/mol. The minimum absolute atomic E-state index is 0.173. The SMILES string of the molecule is O=C(c1cccc(Cl)c1)N1N=C(c2ccco2)C[C@H]1c1ccccc1. The van der Waals surface area contributed by atoms with Gasteiger partial charge in [-0.25, -0.2) is 5.01 Å². The normalized spacial score (nSPS) is 16.8. The fourth-order valence-corrected chi connectivity index (χ4v) is 3.17. The number of nitrogens with zero attached hydrogens (tertiary/aromatic N) is 2. The topological polar surface area (TPSA) is 45.8 Å². The van der Waals surface area contributed by atoms with Crippen LogP contribution in [0, 0.1) is 0 Å². The molecule has 124 valence electrons. The van der Waals surface area contributed by atoms with E-state index in [0.29, 0.717) is 22.8 Å². The number of amides is 1. The van der Waals surface area contributed by atoms with E-state index in [0.717, 1.165) is 11.3 Å². The molecule has 1 aliphatic rings. The number of carbonyl (C=O) groups excluding carboxylic acids is 1. The lowest BCUT2D eigenvalue weighted by Gasteiger charge is -2.22. The Kier molecular flexibility index (Phi) is 4.12. The highest BCUT2D eigenvalue weighted by molar-refractivity contribution is 6.31. The molecule has 0 aliphatic carbocycles. The molecule has 2 heterocycles. The lowest BCUT2D eigenvalue weighted by atomic mass is 10.0. The summed E-state index contributed by atoms with van der Waals surface area (Å²) in [6, 6.07) is 20.3. The van der Waals surface area contributed by atoms with Gasteiger partial charge in [0.25, 0.3) is 5.91 Å². The summed E-state index contributed by atoms with van der Waals surface area (Å²) in [4.78, 5) is 13.0. The van der Waals surface area contributed by atoms with Crippen molar-refractivity contribution in [3.8, 4) is 0 Å². The van der Waals surface area contributed by atoms with Gasteiger partial charge in [0.15, 0.2) is 0 Å². The Morgan fingerprint density at radius 1 is 1.08 bits per heavy atom. The number of benzene rings is 2. The van der Waals surface area contributed by atoms with E-state index in [1.165, 1.54) is 5.01 Å². The molecule has 1 aliphatic heterocycles. The van der Waals surface area contributed by atoms with Crippen molar-refractivity contribution >= 4 is 23.2 Å². The molecule has 4 rings (SSSR count). The largest absolute Gasteiger partial charge is 0.463 e. The molecule has 1 aromatic heterocycles. The highest BCUT2D eigenvalue weighted by atomic mass is 35.5. The summed E-state index contributed by atoms with van der Waals surface area (Å²) in [7, 11) is 0. The summed E-state index contributed by atoms with van der Waals surface area (Å²) in [5.41, 5.74) is 2.30. The molecular weight excluding hydrogens is 336 g/mol. The minimum Gasteiger partial charge on any atom is -0.463 e. The average Bonchev–Trinajstić information content (AvgIpc) is 3.31. The van der Waals surface area contributed by atoms with Crippen molar-refractivity contribution in [3.05, 3.63) is 94.9 Å². The Labute approximate surface area is 150 Å². The van der Waals surface area contributed by atoms with Crippen LogP contribution in [0.2, 0.25) is 5.02 Å². The highest BCUT2D eigenvalue weighted by Gasteiger charge is 2.34. The van der Waals surface area contributed by atoms with Crippen LogP contribution in [0.25, 0.3) is 0 Å². The van der Waals surface area contributed by atoms with Crippen LogP contribution >= 0.6 is 11.6 Å². The van der Waals surface area contributed by atoms with Crippen molar-refractivity contribution in [3.63, 3.8) is 0 Å². The molecule has 4 nitrogen and oxygen atoms in total. The molecule has 0 saturated heterocycles. The van der Waals surface area contributed by atoms with E-state index >= 15 is 0 Å². The van der Waals surface area contributed by atoms with Gasteiger partial charge in [-0.1, -0.05) is 48.0 Å². The first-order valence-corrected chi connectivity index (χ1v) is 8.35. The standard InChI is InChI=1S/C20H15ClN2O2/c21-16-9-4-8-15(12-16)20(24)23-18(14-6-2-1-3-7-14)13-17(22-23)19-10-5-11-25-19/h1-12,18H,13H2/t18-/m0/s1. The molecule has 0 spiro atoms. The van der Waals surface area contributed by atoms with Crippen LogP contribution in [0.3, 0.4) is 0 Å². The van der Waals surface area contributed by atoms with E-state index in [-0.39, 0.29) is 11.9 Å². The minimum atomic E-state index is -0.182. The second-order valence-electron chi connectivity index (χ2n) is 5.81. The van der Waals surface area contributed by atoms with Gasteiger partial charge in [-0.2, -0.15) is 5.10 Å². The molecule has 25 heavy (non-hydrogen) atoms. The number of hydrazone groups is 1. The maximum atomic E-state index is 13.0. The van der Waals surface area contributed by atoms with E-state index in [4.69, 9.17) is 16.0 Å². The first-order valence-electron chi connectivity index (χ1n) is 7.98. The molecule has 3 aromatic rings. The first kappa shape index (κ1) is 15.7. The van der Waals surface area contributed by atoms with Crippen LogP contribution in [-0.4, -0.2) is 16.6 Å². The van der Waals surface area contributed by atoms with Crippen molar-refractivity contribution in [1.82, 2.24) is 5.01 Å². The summed E-state index contributed by atoms with van der Waals surface area (Å²) < 4.78 is 5.46. The number of hydrogen-bond acceptors (Lipinski definition) is 3. The molecule has 0 radical (unpaired) electrons. The third-order valence-electron chi connectivity index (χ3n) is 4.18. The highest BCUT2D eigenvalue weighted by Crippen LogP contribution is 2.34. The second-order valence-corrected chi connectivity index (χ2v) is 6.25. The summed E-state index contributed by atoms with van der Waals surface area (Å²) in [5.74, 6) is 0.500. The monoisotopic (exact) mass is 350 g/mol. The van der Waals surface area contributed by atoms with Gasteiger partial charge < -0.3 is 4.42 Å². The molecule has 5 heteroatoms. The zero-order chi connectivity index (χ0) is 17.2. The van der Waals surface area contributed by atoms with Gasteiger partial charge in [0.2, 0.25) is 0 Å². The number of carbonyl (C=O) groups is 1. The second kappa shape index (κ2) is 6.57. The molecule has 0 saturated carbocycles. The zero-order valence-electron chi connectivity index (χ0n) is 13.3. The Morgan fingerprint density at radius 3 is 2.64 bits per heavy atom. The smallest absolute Gasteiger partial charge is 0.274 e. The molecule has 0 unspecified atom stereocenters. The maximum absolute atomic E-state index is 13.0. The molecule has 1 amide bonds. The molecule has 2 aromatic carbocycles. The van der Waals surface area contributed by atoms with Gasteiger partial charge in [0.05, 0.1) is 12.3 Å². The van der Waals surface area contributed by atoms with Crippen molar-refractivity contribution in [2.75, 3.05) is 0 Å². The summed E-state index contributed by atoms with van der Waals surface area (Å²) >= 11 is 6.04. The third kappa shape index (κ3) is 3.08. The van der Waals surface area contributed by atoms with Gasteiger partial charge in [0, 0.05) is 17.0 Å². The van der Waals surface area contributed by atoms with Gasteiger partial charge in [0.1, 0.15) is 11.5 Å². The van der Waals surface area contributed by atoms with Crippen LogP contribution < -0.4 is 0 Å². The zero-order valence-corrected chi connectivity index (χ0v) is 14.1. The van der Waals surface area contributed by atoms with E-state index < -0.39 is 0 Å². The van der Waals surface area contributed by atoms with Crippen molar-refractivity contribution in [2.24, 2.45) is 5.10 Å². The molecule has 0 bridgehead atoms. The number of furan rings is 1. The fraction of sp³-hybridized carbons (Fsp3) is 0.100. The Hall–Kier alpha value is -2.85. The number of rotatable bonds is 3. The van der Waals surface area contributed by atoms with Crippen molar-refractivity contribution in [1.29, 1.82) is 0 Å². The van der Waals surface area contributed by atoms with Crippen LogP contribution in [0.4, 0.5) is 0 Å². The van der Waals surface area contributed by atoms with E-state index in [1.54, 1.807) is 30.5 Å². The first-order chi connectivity index (χ1) is 12.2. The number of halogens is 1. The van der Waals surface area contributed by atoms with E-state index in [1.807, 2.05) is 42.5 Å². The van der Waals surface area contributed by atoms with Gasteiger partial charge in [-0.3, -0.25) is 4.79 Å². The molecule has 0 N–H and O–H groups in total. The quantitative estimate of drug-likeness (QED) is 0.672. The van der Waals surface area contributed by atoms with Gasteiger partial charge >= 0.3 is 0 Å². The lowest BCUT2D eigenvalue weighted by Crippen LogP contribution is -2.27. The summed E-state index contributed by atoms with van der Waals surface area (Å²) in [6.45, 7) is 0. The van der Waals surface area contributed by atoms with Gasteiger partial charge in [-0.15, -0.1) is 0 Å². The van der Waals surface area contributed by atoms with Crippen LogP contribution in [0.5, 0.6) is 0 Å². The van der Waals surface area contributed by atoms with Crippen LogP contribution in [-0.2, 0) is 0 Å². The number of hydrogen-bond donors (Lipinski definition) is 0. The van der Waals surface area contributed by atoms with E-state index in [9.17, 15) is 4.79 Å². The van der Waals surface area contributed by atoms with Crippen LogP contribution in [0.15, 0.2) is 82.5 Å². The van der Waals surface area contributed by atoms with Crippen LogP contribution in [0.1, 0.15) is 34.1 Å².